The molecule has 1 fully saturated rings. The molecule has 1 heterocycles. The van der Waals surface area contributed by atoms with Gasteiger partial charge in [0.05, 0.1) is 31.7 Å². The van der Waals surface area contributed by atoms with Crippen molar-refractivity contribution in [1.29, 1.82) is 0 Å². The highest BCUT2D eigenvalue weighted by Gasteiger charge is 2.49. The standard InChI is InChI=1S/C24H29F3N4O5/c1-4-13-35-18-9-5-16(6-10-18)23(20(15-28-30-23)31(2)22(33)34-3)14-21(32)29-17-7-11-19(12-8-17)36-24(25,26)27/h5-12,20,28,30H,4,13-15H2,1-3H3,(H,29,32). The number of hydrogen-bond acceptors (Lipinski definition) is 7. The Kier molecular flexibility index (Phi) is 8.64. The SMILES string of the molecule is CCCOc1ccc(C2(CC(=O)Nc3ccc(OC(F)(F)F)cc3)NNCC2N(C)C(=O)OC)cc1. The minimum absolute atomic E-state index is 0.109. The Morgan fingerprint density at radius 2 is 1.75 bits per heavy atom. The van der Waals surface area contributed by atoms with Crippen LogP contribution < -0.4 is 25.6 Å². The number of nitrogens with one attached hydrogen (secondary N) is 3. The average Bonchev–Trinajstić information content (AvgIpc) is 3.26. The summed E-state index contributed by atoms with van der Waals surface area (Å²) in [6.07, 6.45) is -4.64. The van der Waals surface area contributed by atoms with Crippen LogP contribution in [0, 0.1) is 0 Å². The van der Waals surface area contributed by atoms with E-state index in [0.29, 0.717) is 18.9 Å². The highest BCUT2D eigenvalue weighted by Crippen LogP contribution is 2.36. The molecule has 1 aliphatic heterocycles. The molecule has 36 heavy (non-hydrogen) atoms. The number of hydrazine groups is 1. The zero-order chi connectivity index (χ0) is 26.3. The van der Waals surface area contributed by atoms with E-state index < -0.39 is 35.7 Å². The number of rotatable bonds is 9. The number of carbonyl (C=O) groups excluding carboxylic acids is 2. The molecule has 3 rings (SSSR count). The number of ether oxygens (including phenoxy) is 3. The third-order valence-corrected chi connectivity index (χ3v) is 5.76. The lowest BCUT2D eigenvalue weighted by Gasteiger charge is -2.38. The predicted octanol–water partition coefficient (Wildman–Crippen LogP) is 3.77. The van der Waals surface area contributed by atoms with E-state index in [0.717, 1.165) is 24.1 Å². The van der Waals surface area contributed by atoms with Gasteiger partial charge in [0.2, 0.25) is 5.91 Å². The molecule has 0 saturated carbocycles. The van der Waals surface area contributed by atoms with Crippen molar-refractivity contribution >= 4 is 17.7 Å². The molecule has 1 aliphatic rings. The zero-order valence-corrected chi connectivity index (χ0v) is 20.1. The molecule has 0 spiro atoms. The molecule has 2 aromatic carbocycles. The third-order valence-electron chi connectivity index (χ3n) is 5.76. The smallest absolute Gasteiger partial charge is 0.494 e. The van der Waals surface area contributed by atoms with Gasteiger partial charge >= 0.3 is 12.5 Å². The molecule has 2 amide bonds. The lowest BCUT2D eigenvalue weighted by molar-refractivity contribution is -0.274. The first-order chi connectivity index (χ1) is 17.1. The zero-order valence-electron chi connectivity index (χ0n) is 20.1. The van der Waals surface area contributed by atoms with Crippen molar-refractivity contribution in [3.8, 4) is 11.5 Å². The van der Waals surface area contributed by atoms with E-state index in [-0.39, 0.29) is 12.1 Å². The van der Waals surface area contributed by atoms with Crippen LogP contribution in [-0.4, -0.2) is 56.6 Å². The molecule has 2 atom stereocenters. The first-order valence-electron chi connectivity index (χ1n) is 11.3. The molecule has 3 N–H and O–H groups in total. The second-order valence-corrected chi connectivity index (χ2v) is 8.24. The fraction of sp³-hybridized carbons (Fsp3) is 0.417. The lowest BCUT2D eigenvalue weighted by atomic mass is 9.80. The predicted molar refractivity (Wildman–Crippen MR) is 125 cm³/mol. The maximum atomic E-state index is 13.1. The maximum Gasteiger partial charge on any atom is 0.573 e. The Labute approximate surface area is 206 Å². The van der Waals surface area contributed by atoms with Crippen LogP contribution in [0.15, 0.2) is 48.5 Å². The van der Waals surface area contributed by atoms with Gasteiger partial charge < -0.3 is 24.4 Å². The molecule has 0 aromatic heterocycles. The monoisotopic (exact) mass is 510 g/mol. The number of hydrogen-bond donors (Lipinski definition) is 3. The van der Waals surface area contributed by atoms with Gasteiger partial charge in [-0.3, -0.25) is 10.2 Å². The number of carbonyl (C=O) groups is 2. The van der Waals surface area contributed by atoms with Gasteiger partial charge in [-0.2, -0.15) is 0 Å². The van der Waals surface area contributed by atoms with Crippen molar-refractivity contribution in [1.82, 2.24) is 15.8 Å². The number of likely N-dealkylation sites (N-methyl/N-ethyl adjacent to an activating group) is 1. The van der Waals surface area contributed by atoms with Crippen molar-refractivity contribution in [2.45, 2.75) is 37.7 Å². The van der Waals surface area contributed by atoms with Gasteiger partial charge in [0.15, 0.2) is 0 Å². The van der Waals surface area contributed by atoms with Gasteiger partial charge in [-0.15, -0.1) is 13.2 Å². The van der Waals surface area contributed by atoms with Gasteiger partial charge in [0.1, 0.15) is 11.5 Å². The number of amides is 2. The van der Waals surface area contributed by atoms with Crippen LogP contribution in [0.4, 0.5) is 23.7 Å². The third kappa shape index (κ3) is 6.58. The van der Waals surface area contributed by atoms with E-state index in [4.69, 9.17) is 9.47 Å². The number of anilines is 1. The topological polar surface area (TPSA) is 101 Å². The van der Waals surface area contributed by atoms with E-state index >= 15 is 0 Å². The molecule has 0 bridgehead atoms. The van der Waals surface area contributed by atoms with Crippen LogP contribution in [0.2, 0.25) is 0 Å². The Morgan fingerprint density at radius 1 is 1.11 bits per heavy atom. The van der Waals surface area contributed by atoms with Crippen LogP contribution in [0.1, 0.15) is 25.3 Å². The molecule has 12 heteroatoms. The molecule has 0 aliphatic carbocycles. The Bertz CT molecular complexity index is 1030. The summed E-state index contributed by atoms with van der Waals surface area (Å²) in [6, 6.07) is 11.5. The molecule has 2 unspecified atom stereocenters. The average molecular weight is 511 g/mol. The summed E-state index contributed by atoms with van der Waals surface area (Å²) in [7, 11) is 2.85. The van der Waals surface area contributed by atoms with Gasteiger partial charge in [0.25, 0.3) is 0 Å². The molecule has 0 radical (unpaired) electrons. The van der Waals surface area contributed by atoms with Crippen molar-refractivity contribution in [2.75, 3.05) is 32.6 Å². The van der Waals surface area contributed by atoms with Crippen LogP contribution in [0.25, 0.3) is 0 Å². The van der Waals surface area contributed by atoms with E-state index in [1.54, 1.807) is 19.2 Å². The fourth-order valence-corrected chi connectivity index (χ4v) is 4.10. The fourth-order valence-electron chi connectivity index (χ4n) is 4.10. The summed E-state index contributed by atoms with van der Waals surface area (Å²) < 4.78 is 51.6. The molecular formula is C24H29F3N4O5. The van der Waals surface area contributed by atoms with Gasteiger partial charge in [-0.1, -0.05) is 19.1 Å². The normalized spacial score (nSPS) is 19.4. The molecule has 9 nitrogen and oxygen atoms in total. The molecule has 2 aromatic rings. The molecular weight excluding hydrogens is 481 g/mol. The summed E-state index contributed by atoms with van der Waals surface area (Å²) in [4.78, 5) is 26.9. The summed E-state index contributed by atoms with van der Waals surface area (Å²) in [5.41, 5.74) is 6.17. The number of methoxy groups -OCH3 is 1. The number of benzene rings is 2. The van der Waals surface area contributed by atoms with Crippen LogP contribution in [0.5, 0.6) is 11.5 Å². The van der Waals surface area contributed by atoms with Crippen molar-refractivity contribution in [3.63, 3.8) is 0 Å². The minimum Gasteiger partial charge on any atom is -0.494 e. The highest BCUT2D eigenvalue weighted by molar-refractivity contribution is 5.92. The minimum atomic E-state index is -4.81. The van der Waals surface area contributed by atoms with E-state index in [9.17, 15) is 22.8 Å². The maximum absolute atomic E-state index is 13.1. The summed E-state index contributed by atoms with van der Waals surface area (Å²) in [5, 5.41) is 2.69. The van der Waals surface area contributed by atoms with Gasteiger partial charge in [0, 0.05) is 19.3 Å². The number of nitrogens with zero attached hydrogens (tertiary/aromatic N) is 1. The Hall–Kier alpha value is -3.51. The Morgan fingerprint density at radius 3 is 2.33 bits per heavy atom. The Balaban J connectivity index is 1.84. The van der Waals surface area contributed by atoms with Crippen molar-refractivity contribution < 1.29 is 37.0 Å². The quantitative estimate of drug-likeness (QED) is 0.472. The lowest BCUT2D eigenvalue weighted by Crippen LogP contribution is -2.55. The summed E-state index contributed by atoms with van der Waals surface area (Å²) in [5.74, 6) is -0.153. The first kappa shape index (κ1) is 27.1. The van der Waals surface area contributed by atoms with Crippen LogP contribution in [0.3, 0.4) is 0 Å². The second kappa shape index (κ2) is 11.5. The van der Waals surface area contributed by atoms with Crippen molar-refractivity contribution in [3.05, 3.63) is 54.1 Å². The molecule has 196 valence electrons. The largest absolute Gasteiger partial charge is 0.573 e. The number of alkyl halides is 3. The molecule has 1 saturated heterocycles. The first-order valence-corrected chi connectivity index (χ1v) is 11.3. The van der Waals surface area contributed by atoms with Crippen LogP contribution >= 0.6 is 0 Å². The highest BCUT2D eigenvalue weighted by atomic mass is 19.4. The summed E-state index contributed by atoms with van der Waals surface area (Å²) in [6.45, 7) is 2.89. The van der Waals surface area contributed by atoms with Crippen LogP contribution in [-0.2, 0) is 15.1 Å². The van der Waals surface area contributed by atoms with Gasteiger partial charge in [-0.25, -0.2) is 10.2 Å². The van der Waals surface area contributed by atoms with Gasteiger partial charge in [-0.05, 0) is 48.4 Å². The number of halogens is 3. The van der Waals surface area contributed by atoms with E-state index in [1.807, 2.05) is 19.1 Å². The van der Waals surface area contributed by atoms with E-state index in [1.165, 1.54) is 24.1 Å². The summed E-state index contributed by atoms with van der Waals surface area (Å²) >= 11 is 0. The van der Waals surface area contributed by atoms with Crippen molar-refractivity contribution in [2.24, 2.45) is 0 Å². The van der Waals surface area contributed by atoms with E-state index in [2.05, 4.69) is 20.9 Å². The second-order valence-electron chi connectivity index (χ2n) is 8.24.